The third-order valence-corrected chi connectivity index (χ3v) is 2.72. The summed E-state index contributed by atoms with van der Waals surface area (Å²) in [6.07, 6.45) is 4.11. The maximum Gasteiger partial charge on any atom is 0.303 e. The molecule has 1 fully saturated rings. The number of ether oxygens (including phenoxy) is 1. The predicted molar refractivity (Wildman–Crippen MR) is 57.4 cm³/mol. The average Bonchev–Trinajstić information content (AvgIpc) is 2.94. The molecule has 2 heterocycles. The molecule has 0 saturated carbocycles. The molecule has 1 aliphatic rings. The highest BCUT2D eigenvalue weighted by Crippen LogP contribution is 2.27. The molecule has 1 saturated heterocycles. The van der Waals surface area contributed by atoms with Gasteiger partial charge in [0.15, 0.2) is 0 Å². The lowest BCUT2D eigenvalue weighted by Gasteiger charge is -2.01. The molecule has 6 nitrogen and oxygen atoms in total. The van der Waals surface area contributed by atoms with Crippen LogP contribution in [0.3, 0.4) is 0 Å². The van der Waals surface area contributed by atoms with Crippen LogP contribution in [0.25, 0.3) is 0 Å². The van der Waals surface area contributed by atoms with Gasteiger partial charge >= 0.3 is 5.97 Å². The topological polar surface area (TPSA) is 85.5 Å². The van der Waals surface area contributed by atoms with E-state index >= 15 is 0 Å². The molecule has 0 amide bonds. The molecule has 0 radical (unpaired) electrons. The van der Waals surface area contributed by atoms with E-state index in [1.165, 1.54) is 0 Å². The Hall–Kier alpha value is -1.43. The predicted octanol–water partition coefficient (Wildman–Crippen LogP) is 1.72. The summed E-state index contributed by atoms with van der Waals surface area (Å²) < 4.78 is 10.9. The molecule has 1 N–H and O–H groups in total. The first-order chi connectivity index (χ1) is 8.25. The van der Waals surface area contributed by atoms with Gasteiger partial charge in [0.05, 0.1) is 0 Å². The van der Waals surface area contributed by atoms with Gasteiger partial charge in [-0.25, -0.2) is 0 Å². The van der Waals surface area contributed by atoms with Gasteiger partial charge in [-0.1, -0.05) is 0 Å². The van der Waals surface area contributed by atoms with Crippen LogP contribution in [-0.2, 0) is 16.0 Å². The van der Waals surface area contributed by atoms with Crippen LogP contribution in [0.15, 0.2) is 4.42 Å². The van der Waals surface area contributed by atoms with Crippen molar-refractivity contribution in [1.29, 1.82) is 0 Å². The molecule has 94 valence electrons. The van der Waals surface area contributed by atoms with Crippen molar-refractivity contribution in [3.63, 3.8) is 0 Å². The number of carbonyl (C=O) groups is 1. The number of rotatable bonds is 6. The molecule has 1 atom stereocenters. The van der Waals surface area contributed by atoms with Gasteiger partial charge in [0.25, 0.3) is 0 Å². The van der Waals surface area contributed by atoms with Crippen molar-refractivity contribution in [2.24, 2.45) is 0 Å². The molecule has 0 spiro atoms. The molecule has 0 aromatic carbocycles. The van der Waals surface area contributed by atoms with Gasteiger partial charge in [-0.2, -0.15) is 0 Å². The Labute approximate surface area is 99.0 Å². The molecule has 2 rings (SSSR count). The van der Waals surface area contributed by atoms with E-state index in [1.54, 1.807) is 0 Å². The molecule has 1 aromatic heterocycles. The van der Waals surface area contributed by atoms with E-state index in [0.29, 0.717) is 24.6 Å². The average molecular weight is 240 g/mol. The minimum absolute atomic E-state index is 0.0460. The first-order valence-electron chi connectivity index (χ1n) is 5.91. The van der Waals surface area contributed by atoms with Crippen molar-refractivity contribution >= 4 is 5.97 Å². The van der Waals surface area contributed by atoms with E-state index in [0.717, 1.165) is 25.9 Å². The van der Waals surface area contributed by atoms with Crippen molar-refractivity contribution < 1.29 is 19.1 Å². The number of nitrogens with zero attached hydrogens (tertiary/aromatic N) is 2. The normalized spacial score (nSPS) is 19.6. The van der Waals surface area contributed by atoms with Crippen molar-refractivity contribution in [1.82, 2.24) is 10.2 Å². The molecule has 6 heteroatoms. The van der Waals surface area contributed by atoms with Gasteiger partial charge in [0.1, 0.15) is 6.10 Å². The van der Waals surface area contributed by atoms with Crippen LogP contribution in [0.1, 0.15) is 50.0 Å². The summed E-state index contributed by atoms with van der Waals surface area (Å²) in [5, 5.41) is 16.4. The van der Waals surface area contributed by atoms with Crippen molar-refractivity contribution in [3.05, 3.63) is 11.8 Å². The maximum atomic E-state index is 10.3. The lowest BCUT2D eigenvalue weighted by Crippen LogP contribution is -1.95. The number of unbranched alkanes of at least 4 members (excludes halogenated alkanes) is 1. The van der Waals surface area contributed by atoms with Crippen LogP contribution in [0, 0.1) is 0 Å². The second kappa shape index (κ2) is 5.77. The van der Waals surface area contributed by atoms with E-state index in [4.69, 9.17) is 14.3 Å². The molecule has 17 heavy (non-hydrogen) atoms. The van der Waals surface area contributed by atoms with Crippen LogP contribution >= 0.6 is 0 Å². The van der Waals surface area contributed by atoms with Gasteiger partial charge in [-0.05, 0) is 25.7 Å². The summed E-state index contributed by atoms with van der Waals surface area (Å²) in [4.78, 5) is 10.3. The Morgan fingerprint density at radius 3 is 3.00 bits per heavy atom. The highest BCUT2D eigenvalue weighted by atomic mass is 16.5. The molecule has 0 aliphatic carbocycles. The second-order valence-corrected chi connectivity index (χ2v) is 4.14. The Bertz CT molecular complexity index is 371. The number of aryl methyl sites for hydroxylation is 1. The minimum atomic E-state index is -0.768. The minimum Gasteiger partial charge on any atom is -0.481 e. The second-order valence-electron chi connectivity index (χ2n) is 4.14. The number of aromatic nitrogens is 2. The van der Waals surface area contributed by atoms with E-state index in [9.17, 15) is 4.79 Å². The monoisotopic (exact) mass is 240 g/mol. The van der Waals surface area contributed by atoms with Crippen LogP contribution in [0.5, 0.6) is 0 Å². The fourth-order valence-corrected chi connectivity index (χ4v) is 1.82. The maximum absolute atomic E-state index is 10.3. The molecule has 1 aromatic rings. The van der Waals surface area contributed by atoms with Gasteiger partial charge < -0.3 is 14.3 Å². The standard InChI is InChI=1S/C11H16N2O4/c14-10(15)6-2-1-5-9-12-13-11(17-9)8-4-3-7-16-8/h8H,1-7H2,(H,14,15). The molecule has 0 bridgehead atoms. The summed E-state index contributed by atoms with van der Waals surface area (Å²) in [5.41, 5.74) is 0. The van der Waals surface area contributed by atoms with Crippen LogP contribution in [0.2, 0.25) is 0 Å². The molecular formula is C11H16N2O4. The van der Waals surface area contributed by atoms with Crippen molar-refractivity contribution in [3.8, 4) is 0 Å². The first kappa shape index (κ1) is 12.0. The Morgan fingerprint density at radius 2 is 2.29 bits per heavy atom. The molecule has 1 unspecified atom stereocenters. The summed E-state index contributed by atoms with van der Waals surface area (Å²) >= 11 is 0. The SMILES string of the molecule is O=C(O)CCCCc1nnc(C2CCCO2)o1. The zero-order valence-corrected chi connectivity index (χ0v) is 9.59. The summed E-state index contributed by atoms with van der Waals surface area (Å²) in [7, 11) is 0. The van der Waals surface area contributed by atoms with E-state index in [-0.39, 0.29) is 12.5 Å². The smallest absolute Gasteiger partial charge is 0.303 e. The number of carboxylic acid groups (broad SMARTS) is 1. The Kier molecular flexibility index (Phi) is 4.08. The summed E-state index contributed by atoms with van der Waals surface area (Å²) in [6.45, 7) is 0.751. The zero-order valence-electron chi connectivity index (χ0n) is 9.59. The molecule has 1 aliphatic heterocycles. The van der Waals surface area contributed by atoms with E-state index in [1.807, 2.05) is 0 Å². The lowest BCUT2D eigenvalue weighted by atomic mass is 10.2. The highest BCUT2D eigenvalue weighted by molar-refractivity contribution is 5.66. The van der Waals surface area contributed by atoms with Crippen LogP contribution in [0.4, 0.5) is 0 Å². The highest BCUT2D eigenvalue weighted by Gasteiger charge is 2.23. The third kappa shape index (κ3) is 3.52. The fraction of sp³-hybridized carbons (Fsp3) is 0.727. The van der Waals surface area contributed by atoms with Gasteiger partial charge in [0, 0.05) is 19.4 Å². The summed E-state index contributed by atoms with van der Waals surface area (Å²) in [5.74, 6) is 0.354. The number of hydrogen-bond acceptors (Lipinski definition) is 5. The van der Waals surface area contributed by atoms with Crippen LogP contribution < -0.4 is 0 Å². The number of hydrogen-bond donors (Lipinski definition) is 1. The van der Waals surface area contributed by atoms with Crippen LogP contribution in [-0.4, -0.2) is 27.9 Å². The zero-order chi connectivity index (χ0) is 12.1. The Morgan fingerprint density at radius 1 is 1.41 bits per heavy atom. The quantitative estimate of drug-likeness (QED) is 0.762. The van der Waals surface area contributed by atoms with Gasteiger partial charge in [0.2, 0.25) is 11.8 Å². The fourth-order valence-electron chi connectivity index (χ4n) is 1.82. The van der Waals surface area contributed by atoms with Gasteiger partial charge in [-0.15, -0.1) is 10.2 Å². The first-order valence-corrected chi connectivity index (χ1v) is 5.91. The van der Waals surface area contributed by atoms with Crippen molar-refractivity contribution in [2.45, 2.75) is 44.6 Å². The Balaban J connectivity index is 1.75. The summed E-state index contributed by atoms with van der Waals surface area (Å²) in [6, 6.07) is 0. The van der Waals surface area contributed by atoms with Crippen molar-refractivity contribution in [2.75, 3.05) is 6.61 Å². The van der Waals surface area contributed by atoms with E-state index in [2.05, 4.69) is 10.2 Å². The number of carboxylic acids is 1. The lowest BCUT2D eigenvalue weighted by molar-refractivity contribution is -0.137. The van der Waals surface area contributed by atoms with E-state index < -0.39 is 5.97 Å². The third-order valence-electron chi connectivity index (χ3n) is 2.72. The molecular weight excluding hydrogens is 224 g/mol. The van der Waals surface area contributed by atoms with Gasteiger partial charge in [-0.3, -0.25) is 4.79 Å². The largest absolute Gasteiger partial charge is 0.481 e. The number of aliphatic carboxylic acids is 1.